The molecule has 2 atom stereocenters. The molecule has 5 nitrogen and oxygen atoms in total. The third-order valence-electron chi connectivity index (χ3n) is 2.52. The minimum atomic E-state index is -1.11. The predicted octanol–water partition coefficient (Wildman–Crippen LogP) is -0.346. The van der Waals surface area contributed by atoms with Crippen LogP contribution in [0.25, 0.3) is 0 Å². The maximum absolute atomic E-state index is 8.62. The summed E-state index contributed by atoms with van der Waals surface area (Å²) in [6.45, 7) is 3.30. The van der Waals surface area contributed by atoms with Crippen molar-refractivity contribution in [2.45, 2.75) is 38.5 Å². The fraction of sp³-hybridized carbons (Fsp3) is 0.889. The first-order chi connectivity index (χ1) is 7.10. The van der Waals surface area contributed by atoms with Crippen molar-refractivity contribution in [2.75, 3.05) is 6.54 Å². The van der Waals surface area contributed by atoms with Gasteiger partial charge >= 0.3 is 13.3 Å². The summed E-state index contributed by atoms with van der Waals surface area (Å²) in [5, 5.41) is 20.6. The van der Waals surface area contributed by atoms with E-state index in [0.717, 1.165) is 25.3 Å². The first-order valence-electron chi connectivity index (χ1n) is 5.19. The van der Waals surface area contributed by atoms with Crippen molar-refractivity contribution in [1.29, 1.82) is 0 Å². The van der Waals surface area contributed by atoms with Crippen LogP contribution in [0.15, 0.2) is 0 Å². The van der Waals surface area contributed by atoms with E-state index >= 15 is 0 Å². The van der Waals surface area contributed by atoms with E-state index in [4.69, 9.17) is 19.6 Å². The zero-order chi connectivity index (χ0) is 11.7. The van der Waals surface area contributed by atoms with Gasteiger partial charge in [-0.15, -0.1) is 0 Å². The van der Waals surface area contributed by atoms with Crippen LogP contribution in [-0.2, 0) is 9.59 Å². The second-order valence-corrected chi connectivity index (χ2v) is 3.91. The highest BCUT2D eigenvalue weighted by atomic mass is 16.4. The summed E-state index contributed by atoms with van der Waals surface area (Å²) in [5.41, 5.74) is 0. The molecule has 0 unspecified atom stereocenters. The molecule has 0 aromatic rings. The monoisotopic (exact) mass is 215 g/mol. The van der Waals surface area contributed by atoms with E-state index in [2.05, 4.69) is 12.2 Å². The zero-order valence-electron chi connectivity index (χ0n) is 8.98. The van der Waals surface area contributed by atoms with Crippen LogP contribution in [0, 0.1) is 5.92 Å². The largest absolute Gasteiger partial charge is 0.451 e. The number of hydrogen-bond donors (Lipinski definition) is 3. The Kier molecular flexibility index (Phi) is 8.23. The molecule has 0 bridgehead atoms. The van der Waals surface area contributed by atoms with E-state index in [-0.39, 0.29) is 6.15 Å². The average Bonchev–Trinajstić information content (AvgIpc) is 2.52. The van der Waals surface area contributed by atoms with E-state index in [1.807, 2.05) is 0 Å². The fourth-order valence-electron chi connectivity index (χ4n) is 1.84. The molecule has 3 N–H and O–H groups in total. The van der Waals surface area contributed by atoms with Crippen LogP contribution < -0.4 is 5.32 Å². The lowest BCUT2D eigenvalue weighted by Crippen LogP contribution is -2.16. The quantitative estimate of drug-likeness (QED) is 0.558. The molecule has 0 spiro atoms. The molecule has 1 aliphatic rings. The summed E-state index contributed by atoms with van der Waals surface area (Å²) in [5.74, 6) is 0.749. The minimum Gasteiger partial charge on any atom is -0.427 e. The molecular formula is C9H18BNO4. The lowest BCUT2D eigenvalue weighted by molar-refractivity contribution is -0.191. The predicted molar refractivity (Wildman–Crippen MR) is 54.8 cm³/mol. The van der Waals surface area contributed by atoms with Crippen molar-refractivity contribution in [3.8, 4) is 0 Å². The van der Waals surface area contributed by atoms with E-state index in [9.17, 15) is 0 Å². The number of carbonyl (C=O) groups excluding carboxylic acids is 2. The summed E-state index contributed by atoms with van der Waals surface area (Å²) >= 11 is 0. The van der Waals surface area contributed by atoms with Crippen molar-refractivity contribution in [1.82, 2.24) is 5.32 Å². The zero-order valence-corrected chi connectivity index (χ0v) is 8.98. The highest BCUT2D eigenvalue weighted by molar-refractivity contribution is 6.40. The van der Waals surface area contributed by atoms with Crippen molar-refractivity contribution >= 4 is 13.3 Å². The van der Waals surface area contributed by atoms with E-state index in [1.165, 1.54) is 6.42 Å². The van der Waals surface area contributed by atoms with Gasteiger partial charge < -0.3 is 15.4 Å². The van der Waals surface area contributed by atoms with Gasteiger partial charge in [0.15, 0.2) is 0 Å². The van der Waals surface area contributed by atoms with Gasteiger partial charge in [-0.2, -0.15) is 9.59 Å². The van der Waals surface area contributed by atoms with Crippen LogP contribution in [0.5, 0.6) is 0 Å². The second kappa shape index (κ2) is 8.62. The maximum atomic E-state index is 8.62. The summed E-state index contributed by atoms with van der Waals surface area (Å²) < 4.78 is 0. The van der Waals surface area contributed by atoms with Gasteiger partial charge in [0.05, 0.1) is 0 Å². The molecule has 86 valence electrons. The van der Waals surface area contributed by atoms with Crippen LogP contribution in [0.2, 0.25) is 6.32 Å². The van der Waals surface area contributed by atoms with Crippen LogP contribution >= 0.6 is 0 Å². The lowest BCUT2D eigenvalue weighted by Gasteiger charge is -2.06. The highest BCUT2D eigenvalue weighted by Gasteiger charge is 2.20. The Hall–Kier alpha value is -0.675. The molecule has 1 saturated heterocycles. The highest BCUT2D eigenvalue weighted by Crippen LogP contribution is 2.19. The molecule has 0 radical (unpaired) electrons. The molecule has 0 aliphatic carbocycles. The minimum absolute atomic E-state index is 0.250. The molecule has 1 aliphatic heterocycles. The molecule has 0 amide bonds. The third kappa shape index (κ3) is 8.33. The Bertz CT molecular complexity index is 195. The van der Waals surface area contributed by atoms with E-state index < -0.39 is 7.12 Å². The summed E-state index contributed by atoms with van der Waals surface area (Å²) in [6.07, 6.45) is 4.05. The third-order valence-corrected chi connectivity index (χ3v) is 2.52. The van der Waals surface area contributed by atoms with Gasteiger partial charge in [0.1, 0.15) is 0 Å². The van der Waals surface area contributed by atoms with Crippen molar-refractivity contribution < 1.29 is 19.6 Å². The van der Waals surface area contributed by atoms with Gasteiger partial charge in [0, 0.05) is 6.04 Å². The van der Waals surface area contributed by atoms with Gasteiger partial charge in [-0.3, -0.25) is 0 Å². The van der Waals surface area contributed by atoms with Crippen LogP contribution in [0.3, 0.4) is 0 Å². The Morgan fingerprint density at radius 3 is 2.47 bits per heavy atom. The molecule has 1 rings (SSSR count). The van der Waals surface area contributed by atoms with Crippen LogP contribution in [-0.4, -0.2) is 35.9 Å². The summed E-state index contributed by atoms with van der Waals surface area (Å²) in [4.78, 5) is 16.2. The first-order valence-corrected chi connectivity index (χ1v) is 5.19. The van der Waals surface area contributed by atoms with E-state index in [0.29, 0.717) is 12.4 Å². The standard InChI is InChI=1S/C8H18BNO2.CO2/c1-7-5-8(6-10-7)3-2-4-9(11)12;2-1-3/h7-8,10-12H,2-6H2,1H3;/t7-,8-;/m1./s1. The molecule has 0 aromatic heterocycles. The smallest absolute Gasteiger partial charge is 0.427 e. The van der Waals surface area contributed by atoms with Crippen molar-refractivity contribution in [3.05, 3.63) is 0 Å². The Balaban J connectivity index is 0.000000583. The molecule has 6 heteroatoms. The van der Waals surface area contributed by atoms with Gasteiger partial charge in [-0.25, -0.2) is 0 Å². The molecule has 1 heterocycles. The second-order valence-electron chi connectivity index (χ2n) is 3.91. The Morgan fingerprint density at radius 2 is 2.07 bits per heavy atom. The van der Waals surface area contributed by atoms with Gasteiger partial charge in [0.2, 0.25) is 0 Å². The number of rotatable bonds is 4. The van der Waals surface area contributed by atoms with Crippen molar-refractivity contribution in [3.63, 3.8) is 0 Å². The molecule has 0 saturated carbocycles. The summed E-state index contributed by atoms with van der Waals surface area (Å²) in [7, 11) is -1.11. The molecular weight excluding hydrogens is 197 g/mol. The Morgan fingerprint density at radius 1 is 1.47 bits per heavy atom. The number of hydrogen-bond acceptors (Lipinski definition) is 5. The van der Waals surface area contributed by atoms with Gasteiger partial charge in [0.25, 0.3) is 0 Å². The summed E-state index contributed by atoms with van der Waals surface area (Å²) in [6, 6.07) is 0.647. The fourth-order valence-corrected chi connectivity index (χ4v) is 1.84. The average molecular weight is 215 g/mol. The number of nitrogens with one attached hydrogen (secondary N) is 1. The Labute approximate surface area is 90.0 Å². The van der Waals surface area contributed by atoms with E-state index in [1.54, 1.807) is 0 Å². The first kappa shape index (κ1) is 14.3. The molecule has 1 fully saturated rings. The maximum Gasteiger partial charge on any atom is 0.451 e. The normalized spacial score (nSPS) is 23.9. The SMILES string of the molecule is C[C@@H]1C[C@@H](CCCB(O)O)CN1.O=C=O. The topological polar surface area (TPSA) is 86.6 Å². The van der Waals surface area contributed by atoms with Crippen LogP contribution in [0.4, 0.5) is 0 Å². The lowest BCUT2D eigenvalue weighted by atomic mass is 9.82. The van der Waals surface area contributed by atoms with Gasteiger partial charge in [-0.1, -0.05) is 6.42 Å². The molecule has 0 aromatic carbocycles. The van der Waals surface area contributed by atoms with Gasteiger partial charge in [-0.05, 0) is 38.5 Å². The van der Waals surface area contributed by atoms with Crippen LogP contribution in [0.1, 0.15) is 26.2 Å². The molecule has 15 heavy (non-hydrogen) atoms. The van der Waals surface area contributed by atoms with Crippen molar-refractivity contribution in [2.24, 2.45) is 5.92 Å².